The van der Waals surface area contributed by atoms with E-state index in [4.69, 9.17) is 4.74 Å². The van der Waals surface area contributed by atoms with Crippen LogP contribution in [0, 0.1) is 5.92 Å². The summed E-state index contributed by atoms with van der Waals surface area (Å²) in [5.74, 6) is -0.256. The SMILES string of the molecule is COC(=O)CC=C(C(=O)OC)C(C)=NCC1CCCCC1. The summed E-state index contributed by atoms with van der Waals surface area (Å²) in [4.78, 5) is 27.5. The van der Waals surface area contributed by atoms with Gasteiger partial charge < -0.3 is 9.47 Å². The van der Waals surface area contributed by atoms with Crippen LogP contribution < -0.4 is 0 Å². The summed E-state index contributed by atoms with van der Waals surface area (Å²) < 4.78 is 9.32. The molecule has 21 heavy (non-hydrogen) atoms. The van der Waals surface area contributed by atoms with Gasteiger partial charge in [0.05, 0.1) is 26.2 Å². The van der Waals surface area contributed by atoms with E-state index in [1.165, 1.54) is 52.4 Å². The first-order chi connectivity index (χ1) is 10.1. The maximum absolute atomic E-state index is 11.8. The van der Waals surface area contributed by atoms with Crippen molar-refractivity contribution in [1.82, 2.24) is 0 Å². The van der Waals surface area contributed by atoms with Crippen LogP contribution in [0.15, 0.2) is 16.6 Å². The lowest BCUT2D eigenvalue weighted by atomic mass is 9.89. The van der Waals surface area contributed by atoms with Gasteiger partial charge in [-0.1, -0.05) is 25.3 Å². The molecule has 1 rings (SSSR count). The summed E-state index contributed by atoms with van der Waals surface area (Å²) in [7, 11) is 2.64. The number of rotatable bonds is 6. The summed E-state index contributed by atoms with van der Waals surface area (Å²) in [6.45, 7) is 2.52. The number of esters is 2. The van der Waals surface area contributed by atoms with Gasteiger partial charge in [0.15, 0.2) is 0 Å². The zero-order valence-electron chi connectivity index (χ0n) is 13.2. The molecule has 0 unspecified atom stereocenters. The second-order valence-corrected chi connectivity index (χ2v) is 5.32. The van der Waals surface area contributed by atoms with Crippen LogP contribution in [0.3, 0.4) is 0 Å². The maximum Gasteiger partial charge on any atom is 0.339 e. The topological polar surface area (TPSA) is 65.0 Å². The summed E-state index contributed by atoms with van der Waals surface area (Å²) in [5.41, 5.74) is 0.968. The van der Waals surface area contributed by atoms with Crippen LogP contribution in [0.5, 0.6) is 0 Å². The molecule has 5 nitrogen and oxygen atoms in total. The lowest BCUT2D eigenvalue weighted by Crippen LogP contribution is -2.16. The van der Waals surface area contributed by atoms with Crippen LogP contribution in [0.2, 0.25) is 0 Å². The van der Waals surface area contributed by atoms with Crippen molar-refractivity contribution < 1.29 is 19.1 Å². The molecule has 0 aromatic carbocycles. The van der Waals surface area contributed by atoms with E-state index < -0.39 is 11.9 Å². The second kappa shape index (κ2) is 9.32. The van der Waals surface area contributed by atoms with Crippen LogP contribution in [-0.4, -0.2) is 38.4 Å². The molecule has 1 aliphatic carbocycles. The number of aliphatic imine (C=N–C) groups is 1. The molecular weight excluding hydrogens is 270 g/mol. The average Bonchev–Trinajstić information content (AvgIpc) is 2.53. The van der Waals surface area contributed by atoms with Crippen molar-refractivity contribution in [3.05, 3.63) is 11.6 Å². The summed E-state index contributed by atoms with van der Waals surface area (Å²) in [6.07, 6.45) is 7.81. The average molecular weight is 295 g/mol. The van der Waals surface area contributed by atoms with Crippen LogP contribution in [0.25, 0.3) is 0 Å². The van der Waals surface area contributed by atoms with Crippen molar-refractivity contribution in [3.8, 4) is 0 Å². The molecule has 1 aliphatic rings. The lowest BCUT2D eigenvalue weighted by molar-refractivity contribution is -0.139. The Morgan fingerprint density at radius 3 is 2.38 bits per heavy atom. The normalized spacial score (nSPS) is 17.5. The van der Waals surface area contributed by atoms with Crippen LogP contribution >= 0.6 is 0 Å². The fourth-order valence-electron chi connectivity index (χ4n) is 2.48. The molecule has 0 saturated heterocycles. The Labute approximate surface area is 126 Å². The number of ether oxygens (including phenoxy) is 2. The Morgan fingerprint density at radius 2 is 1.81 bits per heavy atom. The number of hydrogen-bond acceptors (Lipinski definition) is 5. The molecule has 0 radical (unpaired) electrons. The first-order valence-corrected chi connectivity index (χ1v) is 7.45. The molecular formula is C16H25NO4. The van der Waals surface area contributed by atoms with Gasteiger partial charge >= 0.3 is 11.9 Å². The molecule has 0 aromatic rings. The van der Waals surface area contributed by atoms with Gasteiger partial charge in [0, 0.05) is 12.3 Å². The molecule has 0 bridgehead atoms. The van der Waals surface area contributed by atoms with E-state index >= 15 is 0 Å². The molecule has 0 atom stereocenters. The van der Waals surface area contributed by atoms with E-state index in [9.17, 15) is 9.59 Å². The minimum Gasteiger partial charge on any atom is -0.469 e. The number of nitrogens with zero attached hydrogens (tertiary/aromatic N) is 1. The Morgan fingerprint density at radius 1 is 1.14 bits per heavy atom. The fourth-order valence-corrected chi connectivity index (χ4v) is 2.48. The Bertz CT molecular complexity index is 420. The Kier molecular flexibility index (Phi) is 7.72. The largest absolute Gasteiger partial charge is 0.469 e. The van der Waals surface area contributed by atoms with E-state index in [2.05, 4.69) is 9.73 Å². The first kappa shape index (κ1) is 17.4. The molecule has 0 N–H and O–H groups in total. The Hall–Kier alpha value is -1.65. The molecule has 1 fully saturated rings. The number of hydrogen-bond donors (Lipinski definition) is 0. The molecule has 5 heteroatoms. The van der Waals surface area contributed by atoms with Crippen molar-refractivity contribution in [1.29, 1.82) is 0 Å². The number of carbonyl (C=O) groups is 2. The Balaban J connectivity index is 2.71. The number of carbonyl (C=O) groups excluding carboxylic acids is 2. The minimum atomic E-state index is -0.469. The quantitative estimate of drug-likeness (QED) is 0.429. The zero-order chi connectivity index (χ0) is 15.7. The second-order valence-electron chi connectivity index (χ2n) is 5.32. The molecule has 118 valence electrons. The van der Waals surface area contributed by atoms with Crippen molar-refractivity contribution in [2.24, 2.45) is 10.9 Å². The lowest BCUT2D eigenvalue weighted by Gasteiger charge is -2.19. The summed E-state index contributed by atoms with van der Waals surface area (Å²) >= 11 is 0. The van der Waals surface area contributed by atoms with Gasteiger partial charge in [-0.25, -0.2) is 4.79 Å². The van der Waals surface area contributed by atoms with Gasteiger partial charge in [0.1, 0.15) is 0 Å². The predicted octanol–water partition coefficient (Wildman–Crippen LogP) is 2.69. The molecule has 0 spiro atoms. The monoisotopic (exact) mass is 295 g/mol. The van der Waals surface area contributed by atoms with Gasteiger partial charge in [-0.2, -0.15) is 0 Å². The van der Waals surface area contributed by atoms with Crippen molar-refractivity contribution in [2.45, 2.75) is 45.4 Å². The fraction of sp³-hybridized carbons (Fsp3) is 0.688. The van der Waals surface area contributed by atoms with E-state index in [1.807, 2.05) is 0 Å². The molecule has 0 aliphatic heterocycles. The van der Waals surface area contributed by atoms with Crippen LogP contribution in [-0.2, 0) is 19.1 Å². The van der Waals surface area contributed by atoms with Crippen molar-refractivity contribution in [2.75, 3.05) is 20.8 Å². The molecule has 0 aromatic heterocycles. The molecule has 0 amide bonds. The summed E-state index contributed by atoms with van der Waals surface area (Å²) in [5, 5.41) is 0. The highest BCUT2D eigenvalue weighted by atomic mass is 16.5. The van der Waals surface area contributed by atoms with Crippen LogP contribution in [0.1, 0.15) is 45.4 Å². The molecule has 0 heterocycles. The van der Waals surface area contributed by atoms with Crippen LogP contribution in [0.4, 0.5) is 0 Å². The van der Waals surface area contributed by atoms with Crippen molar-refractivity contribution >= 4 is 17.7 Å². The van der Waals surface area contributed by atoms with Crippen molar-refractivity contribution in [3.63, 3.8) is 0 Å². The predicted molar refractivity (Wildman–Crippen MR) is 81.3 cm³/mol. The van der Waals surface area contributed by atoms with Gasteiger partial charge in [-0.3, -0.25) is 9.79 Å². The van der Waals surface area contributed by atoms with Gasteiger partial charge in [-0.05, 0) is 25.7 Å². The summed E-state index contributed by atoms with van der Waals surface area (Å²) in [6, 6.07) is 0. The van der Waals surface area contributed by atoms with Gasteiger partial charge in [0.2, 0.25) is 0 Å². The van der Waals surface area contributed by atoms with E-state index in [-0.39, 0.29) is 6.42 Å². The van der Waals surface area contributed by atoms with E-state index in [0.717, 1.165) is 6.54 Å². The third kappa shape index (κ3) is 6.10. The first-order valence-electron chi connectivity index (χ1n) is 7.45. The highest BCUT2D eigenvalue weighted by molar-refractivity contribution is 6.19. The standard InChI is InChI=1S/C16H25NO4/c1-12(17-11-13-7-5-4-6-8-13)14(16(19)21-3)9-10-15(18)20-2/h9,13H,4-8,10-11H2,1-3H3. The van der Waals surface area contributed by atoms with E-state index in [0.29, 0.717) is 17.2 Å². The minimum absolute atomic E-state index is 0.0389. The van der Waals surface area contributed by atoms with E-state index in [1.54, 1.807) is 6.92 Å². The smallest absolute Gasteiger partial charge is 0.339 e. The van der Waals surface area contributed by atoms with Gasteiger partial charge in [0.25, 0.3) is 0 Å². The third-order valence-corrected chi connectivity index (χ3v) is 3.81. The highest BCUT2D eigenvalue weighted by Crippen LogP contribution is 2.23. The third-order valence-electron chi connectivity index (χ3n) is 3.81. The highest BCUT2D eigenvalue weighted by Gasteiger charge is 2.16. The number of methoxy groups -OCH3 is 2. The zero-order valence-corrected chi connectivity index (χ0v) is 13.2. The maximum atomic E-state index is 11.8. The molecule has 1 saturated carbocycles. The van der Waals surface area contributed by atoms with Gasteiger partial charge in [-0.15, -0.1) is 0 Å².